The minimum absolute atomic E-state index is 0.0110. The molecule has 0 aliphatic carbocycles. The number of carbonyl (C=O) groups is 3. The molecule has 0 spiro atoms. The Balaban J connectivity index is 1.89. The first-order valence-corrected chi connectivity index (χ1v) is 8.67. The van der Waals surface area contributed by atoms with Crippen LogP contribution in [0.15, 0.2) is 30.3 Å². The van der Waals surface area contributed by atoms with Gasteiger partial charge >= 0.3 is 11.8 Å². The van der Waals surface area contributed by atoms with Crippen molar-refractivity contribution in [3.8, 4) is 11.5 Å². The molecule has 8 heteroatoms. The summed E-state index contributed by atoms with van der Waals surface area (Å²) in [7, 11) is 2.97. The van der Waals surface area contributed by atoms with Crippen LogP contribution in [0.5, 0.6) is 11.5 Å². The topological polar surface area (TPSA) is 93.7 Å². The summed E-state index contributed by atoms with van der Waals surface area (Å²) in [5, 5.41) is 5.06. The molecule has 138 valence electrons. The number of hydrogen-bond donors (Lipinski definition) is 2. The zero-order valence-corrected chi connectivity index (χ0v) is 15.6. The fourth-order valence-electron chi connectivity index (χ4n) is 2.17. The van der Waals surface area contributed by atoms with E-state index in [1.807, 2.05) is 6.07 Å². The van der Waals surface area contributed by atoms with Crippen molar-refractivity contribution in [3.63, 3.8) is 0 Å². The van der Waals surface area contributed by atoms with E-state index in [1.165, 1.54) is 32.5 Å². The van der Waals surface area contributed by atoms with Gasteiger partial charge in [-0.15, -0.1) is 11.3 Å². The number of amides is 2. The lowest BCUT2D eigenvalue weighted by atomic mass is 10.2. The van der Waals surface area contributed by atoms with Crippen molar-refractivity contribution in [2.75, 3.05) is 26.1 Å². The van der Waals surface area contributed by atoms with Crippen LogP contribution in [0, 0.1) is 0 Å². The highest BCUT2D eigenvalue weighted by molar-refractivity contribution is 7.14. The van der Waals surface area contributed by atoms with Crippen molar-refractivity contribution in [3.05, 3.63) is 40.1 Å². The second kappa shape index (κ2) is 9.00. The highest BCUT2D eigenvalue weighted by Crippen LogP contribution is 2.28. The van der Waals surface area contributed by atoms with Crippen molar-refractivity contribution in [1.82, 2.24) is 5.32 Å². The van der Waals surface area contributed by atoms with Gasteiger partial charge in [-0.05, 0) is 37.6 Å². The van der Waals surface area contributed by atoms with Crippen molar-refractivity contribution >= 4 is 34.6 Å². The summed E-state index contributed by atoms with van der Waals surface area (Å²) in [6.07, 6.45) is 0.541. The van der Waals surface area contributed by atoms with Crippen LogP contribution in [0.3, 0.4) is 0 Å². The Kier molecular flexibility index (Phi) is 6.74. The number of thiophene rings is 1. The SMILES string of the molecule is COc1ccc(OC)c(NC(=O)C(=O)NCCc2ccc(C(C)=O)s2)c1. The average Bonchev–Trinajstić information content (AvgIpc) is 3.10. The molecule has 0 fully saturated rings. The quantitative estimate of drug-likeness (QED) is 0.571. The van der Waals surface area contributed by atoms with E-state index in [2.05, 4.69) is 10.6 Å². The Hall–Kier alpha value is -2.87. The fraction of sp³-hybridized carbons (Fsp3) is 0.278. The van der Waals surface area contributed by atoms with Crippen molar-refractivity contribution < 1.29 is 23.9 Å². The van der Waals surface area contributed by atoms with Crippen LogP contribution in [-0.4, -0.2) is 38.4 Å². The molecule has 0 radical (unpaired) electrons. The van der Waals surface area contributed by atoms with Crippen LogP contribution in [0.2, 0.25) is 0 Å². The molecule has 2 rings (SSSR count). The number of hydrogen-bond acceptors (Lipinski definition) is 6. The summed E-state index contributed by atoms with van der Waals surface area (Å²) in [4.78, 5) is 36.9. The molecule has 1 aromatic carbocycles. The summed E-state index contributed by atoms with van der Waals surface area (Å²) in [5.74, 6) is -0.593. The molecule has 2 amide bonds. The Labute approximate surface area is 155 Å². The zero-order chi connectivity index (χ0) is 19.1. The van der Waals surface area contributed by atoms with Crippen LogP contribution in [0.1, 0.15) is 21.5 Å². The van der Waals surface area contributed by atoms with E-state index in [-0.39, 0.29) is 5.78 Å². The number of ketones is 1. The second-order valence-electron chi connectivity index (χ2n) is 5.35. The van der Waals surface area contributed by atoms with Crippen LogP contribution < -0.4 is 20.1 Å². The average molecular weight is 376 g/mol. The molecule has 0 unspecified atom stereocenters. The molecule has 0 saturated heterocycles. The first-order valence-electron chi connectivity index (χ1n) is 7.85. The van der Waals surface area contributed by atoms with Crippen molar-refractivity contribution in [2.24, 2.45) is 0 Å². The minimum atomic E-state index is -0.799. The van der Waals surface area contributed by atoms with Crippen molar-refractivity contribution in [2.45, 2.75) is 13.3 Å². The van der Waals surface area contributed by atoms with Gasteiger partial charge in [0.15, 0.2) is 5.78 Å². The number of rotatable bonds is 7. The lowest BCUT2D eigenvalue weighted by Gasteiger charge is -2.11. The van der Waals surface area contributed by atoms with E-state index in [4.69, 9.17) is 9.47 Å². The van der Waals surface area contributed by atoms with Gasteiger partial charge in [0.2, 0.25) is 0 Å². The molecule has 1 aromatic heterocycles. The molecule has 0 atom stereocenters. The van der Waals surface area contributed by atoms with E-state index in [0.29, 0.717) is 35.0 Å². The Bertz CT molecular complexity index is 816. The molecule has 0 saturated carbocycles. The van der Waals surface area contributed by atoms with E-state index in [9.17, 15) is 14.4 Å². The van der Waals surface area contributed by atoms with E-state index in [1.54, 1.807) is 24.3 Å². The third-order valence-electron chi connectivity index (χ3n) is 3.53. The van der Waals surface area contributed by atoms with Gasteiger partial charge in [-0.2, -0.15) is 0 Å². The van der Waals surface area contributed by atoms with Crippen molar-refractivity contribution in [1.29, 1.82) is 0 Å². The molecule has 1 heterocycles. The Morgan fingerprint density at radius 1 is 1.04 bits per heavy atom. The summed E-state index contributed by atoms with van der Waals surface area (Å²) in [6, 6.07) is 8.49. The number of Topliss-reactive ketones (excluding diaryl/α,β-unsaturated/α-hetero) is 1. The summed E-state index contributed by atoms with van der Waals surface area (Å²) < 4.78 is 10.3. The Morgan fingerprint density at radius 2 is 1.81 bits per heavy atom. The maximum absolute atomic E-state index is 12.1. The molecule has 26 heavy (non-hydrogen) atoms. The first kappa shape index (κ1) is 19.5. The minimum Gasteiger partial charge on any atom is -0.497 e. The van der Waals surface area contributed by atoms with Gasteiger partial charge in [0.25, 0.3) is 0 Å². The maximum atomic E-state index is 12.1. The van der Waals surface area contributed by atoms with Crippen LogP contribution in [-0.2, 0) is 16.0 Å². The van der Waals surface area contributed by atoms with Crippen LogP contribution in [0.4, 0.5) is 5.69 Å². The number of benzene rings is 1. The Morgan fingerprint density at radius 3 is 2.42 bits per heavy atom. The number of anilines is 1. The lowest BCUT2D eigenvalue weighted by molar-refractivity contribution is -0.136. The highest BCUT2D eigenvalue weighted by atomic mass is 32.1. The summed E-state index contributed by atoms with van der Waals surface area (Å²) >= 11 is 1.38. The molecule has 0 aliphatic rings. The number of carbonyl (C=O) groups excluding carboxylic acids is 3. The third-order valence-corrected chi connectivity index (χ3v) is 4.77. The van der Waals surface area contributed by atoms with Crippen LogP contribution in [0.25, 0.3) is 0 Å². The standard InChI is InChI=1S/C18H20N2O5S/c1-11(21)16-7-5-13(26-16)8-9-19-17(22)18(23)20-14-10-12(24-2)4-6-15(14)25-3/h4-7,10H,8-9H2,1-3H3,(H,19,22)(H,20,23). The maximum Gasteiger partial charge on any atom is 0.313 e. The summed E-state index contributed by atoms with van der Waals surface area (Å²) in [5.41, 5.74) is 0.344. The molecule has 0 aliphatic heterocycles. The molecular weight excluding hydrogens is 356 g/mol. The molecule has 2 aromatic rings. The molecule has 2 N–H and O–H groups in total. The van der Waals surface area contributed by atoms with Gasteiger partial charge in [-0.3, -0.25) is 14.4 Å². The van der Waals surface area contributed by atoms with E-state index >= 15 is 0 Å². The van der Waals surface area contributed by atoms with Gasteiger partial charge in [0, 0.05) is 17.5 Å². The third kappa shape index (κ3) is 5.06. The van der Waals surface area contributed by atoms with Gasteiger partial charge in [0.05, 0.1) is 24.8 Å². The monoisotopic (exact) mass is 376 g/mol. The highest BCUT2D eigenvalue weighted by Gasteiger charge is 2.16. The summed E-state index contributed by atoms with van der Waals surface area (Å²) in [6.45, 7) is 1.80. The first-order chi connectivity index (χ1) is 12.4. The van der Waals surface area contributed by atoms with Crippen LogP contribution >= 0.6 is 11.3 Å². The largest absolute Gasteiger partial charge is 0.497 e. The molecular formula is C18H20N2O5S. The molecule has 7 nitrogen and oxygen atoms in total. The number of methoxy groups -OCH3 is 2. The van der Waals surface area contributed by atoms with Gasteiger partial charge in [0.1, 0.15) is 11.5 Å². The van der Waals surface area contributed by atoms with Gasteiger partial charge in [-0.25, -0.2) is 0 Å². The van der Waals surface area contributed by atoms with E-state index in [0.717, 1.165) is 4.88 Å². The fourth-order valence-corrected chi connectivity index (χ4v) is 3.07. The second-order valence-corrected chi connectivity index (χ2v) is 6.52. The van der Waals surface area contributed by atoms with E-state index < -0.39 is 11.8 Å². The lowest BCUT2D eigenvalue weighted by Crippen LogP contribution is -2.36. The number of ether oxygens (including phenoxy) is 2. The zero-order valence-electron chi connectivity index (χ0n) is 14.8. The normalized spacial score (nSPS) is 10.1. The number of nitrogens with one attached hydrogen (secondary N) is 2. The predicted molar refractivity (Wildman–Crippen MR) is 99.2 cm³/mol. The van der Waals surface area contributed by atoms with Gasteiger partial charge in [-0.1, -0.05) is 0 Å². The molecule has 0 bridgehead atoms. The predicted octanol–water partition coefficient (Wildman–Crippen LogP) is 2.27. The van der Waals surface area contributed by atoms with Gasteiger partial charge < -0.3 is 20.1 Å². The smallest absolute Gasteiger partial charge is 0.313 e.